The Morgan fingerprint density at radius 2 is 2.06 bits per heavy atom. The molecule has 0 aromatic heterocycles. The van der Waals surface area contributed by atoms with E-state index < -0.39 is 0 Å². The van der Waals surface area contributed by atoms with Crippen molar-refractivity contribution in [3.63, 3.8) is 0 Å². The summed E-state index contributed by atoms with van der Waals surface area (Å²) in [7, 11) is 0. The van der Waals surface area contributed by atoms with E-state index in [0.717, 1.165) is 25.3 Å². The Bertz CT molecular complexity index is 363. The molecule has 1 saturated heterocycles. The van der Waals surface area contributed by atoms with Crippen LogP contribution in [0.2, 0.25) is 0 Å². The van der Waals surface area contributed by atoms with Crippen molar-refractivity contribution < 1.29 is 0 Å². The second kappa shape index (κ2) is 5.85. The van der Waals surface area contributed by atoms with Crippen LogP contribution in [0.25, 0.3) is 0 Å². The maximum atomic E-state index is 6.05. The van der Waals surface area contributed by atoms with Crippen LogP contribution in [-0.4, -0.2) is 30.1 Å². The fourth-order valence-electron chi connectivity index (χ4n) is 2.87. The second-order valence-electron chi connectivity index (χ2n) is 6.03. The molecule has 0 aliphatic carbocycles. The molecule has 18 heavy (non-hydrogen) atoms. The highest BCUT2D eigenvalue weighted by Gasteiger charge is 2.34. The number of likely N-dealkylation sites (tertiary alicyclic amines) is 1. The summed E-state index contributed by atoms with van der Waals surface area (Å²) in [4.78, 5) is 2.60. The van der Waals surface area contributed by atoms with Crippen LogP contribution in [0.4, 0.5) is 0 Å². The highest BCUT2D eigenvalue weighted by Crippen LogP contribution is 2.27. The van der Waals surface area contributed by atoms with Gasteiger partial charge in [-0.05, 0) is 44.2 Å². The van der Waals surface area contributed by atoms with E-state index >= 15 is 0 Å². The topological polar surface area (TPSA) is 29.3 Å². The molecule has 2 rings (SSSR count). The highest BCUT2D eigenvalue weighted by atomic mass is 15.2. The summed E-state index contributed by atoms with van der Waals surface area (Å²) in [5.74, 6) is 0.826. The lowest BCUT2D eigenvalue weighted by Gasteiger charge is -2.38. The molecule has 100 valence electrons. The lowest BCUT2D eigenvalue weighted by Crippen LogP contribution is -2.50. The number of nitrogens with two attached hydrogens (primary N) is 1. The van der Waals surface area contributed by atoms with E-state index in [2.05, 4.69) is 49.1 Å². The van der Waals surface area contributed by atoms with Crippen molar-refractivity contribution in [3.05, 3.63) is 35.9 Å². The Balaban J connectivity index is 1.96. The second-order valence-corrected chi connectivity index (χ2v) is 6.03. The molecule has 0 spiro atoms. The van der Waals surface area contributed by atoms with E-state index in [0.29, 0.717) is 0 Å². The van der Waals surface area contributed by atoms with E-state index in [9.17, 15) is 0 Å². The first-order valence-corrected chi connectivity index (χ1v) is 7.13. The van der Waals surface area contributed by atoms with Gasteiger partial charge in [0.2, 0.25) is 0 Å². The number of aryl methyl sites for hydroxylation is 1. The zero-order chi connectivity index (χ0) is 13.0. The highest BCUT2D eigenvalue weighted by molar-refractivity contribution is 5.15. The molecule has 1 aromatic rings. The minimum absolute atomic E-state index is 0.167. The third-order valence-corrected chi connectivity index (χ3v) is 4.42. The Labute approximate surface area is 111 Å². The fraction of sp³-hybridized carbons (Fsp3) is 0.625. The van der Waals surface area contributed by atoms with Gasteiger partial charge in [-0.1, -0.05) is 37.3 Å². The summed E-state index contributed by atoms with van der Waals surface area (Å²) < 4.78 is 0. The fourth-order valence-corrected chi connectivity index (χ4v) is 2.87. The minimum Gasteiger partial charge on any atom is -0.329 e. The number of benzene rings is 1. The summed E-state index contributed by atoms with van der Waals surface area (Å²) in [6.07, 6.45) is 3.60. The van der Waals surface area contributed by atoms with E-state index in [1.54, 1.807) is 0 Å². The van der Waals surface area contributed by atoms with E-state index in [-0.39, 0.29) is 5.54 Å². The van der Waals surface area contributed by atoms with E-state index in [1.165, 1.54) is 25.1 Å². The number of rotatable bonds is 5. The van der Waals surface area contributed by atoms with Gasteiger partial charge in [-0.3, -0.25) is 4.90 Å². The predicted octanol–water partition coefficient (Wildman–Crippen LogP) is 2.68. The number of hydrogen-bond acceptors (Lipinski definition) is 2. The summed E-state index contributed by atoms with van der Waals surface area (Å²) in [6, 6.07) is 10.7. The predicted molar refractivity (Wildman–Crippen MR) is 77.6 cm³/mol. The number of hydrogen-bond donors (Lipinski definition) is 1. The molecule has 0 saturated carbocycles. The normalized spacial score (nSPS) is 24.1. The van der Waals surface area contributed by atoms with Crippen LogP contribution < -0.4 is 5.73 Å². The Morgan fingerprint density at radius 1 is 1.33 bits per heavy atom. The van der Waals surface area contributed by atoms with Crippen LogP contribution in [0, 0.1) is 5.92 Å². The van der Waals surface area contributed by atoms with Crippen molar-refractivity contribution in [3.8, 4) is 0 Å². The number of nitrogens with zero attached hydrogens (tertiary/aromatic N) is 1. The molecule has 1 heterocycles. The third kappa shape index (κ3) is 3.12. The third-order valence-electron chi connectivity index (χ3n) is 4.42. The lowest BCUT2D eigenvalue weighted by molar-refractivity contribution is 0.128. The molecule has 2 heteroatoms. The van der Waals surface area contributed by atoms with Crippen LogP contribution in [0.5, 0.6) is 0 Å². The Morgan fingerprint density at radius 3 is 2.61 bits per heavy atom. The molecule has 2 atom stereocenters. The molecule has 2 unspecified atom stereocenters. The first kappa shape index (κ1) is 13.6. The first-order valence-electron chi connectivity index (χ1n) is 7.13. The molecule has 1 fully saturated rings. The molecular weight excluding hydrogens is 220 g/mol. The Kier molecular flexibility index (Phi) is 4.41. The largest absolute Gasteiger partial charge is 0.329 e. The monoisotopic (exact) mass is 246 g/mol. The van der Waals surface area contributed by atoms with E-state index in [4.69, 9.17) is 5.73 Å². The molecule has 1 aliphatic rings. The zero-order valence-corrected chi connectivity index (χ0v) is 11.7. The van der Waals surface area contributed by atoms with Gasteiger partial charge >= 0.3 is 0 Å². The van der Waals surface area contributed by atoms with E-state index in [1.807, 2.05) is 0 Å². The van der Waals surface area contributed by atoms with Gasteiger partial charge in [-0.25, -0.2) is 0 Å². The average Bonchev–Trinajstić information content (AvgIpc) is 2.84. The summed E-state index contributed by atoms with van der Waals surface area (Å²) >= 11 is 0. The van der Waals surface area contributed by atoms with Gasteiger partial charge in [0.1, 0.15) is 0 Å². The Hall–Kier alpha value is -0.860. The molecule has 0 bridgehead atoms. The van der Waals surface area contributed by atoms with Crippen molar-refractivity contribution in [2.75, 3.05) is 19.6 Å². The van der Waals surface area contributed by atoms with Gasteiger partial charge in [0.05, 0.1) is 0 Å². The van der Waals surface area contributed by atoms with Crippen LogP contribution in [0.3, 0.4) is 0 Å². The lowest BCUT2D eigenvalue weighted by atomic mass is 9.91. The molecule has 0 amide bonds. The molecule has 1 aromatic carbocycles. The average molecular weight is 246 g/mol. The smallest absolute Gasteiger partial charge is 0.0306 e. The van der Waals surface area contributed by atoms with Crippen LogP contribution in [0.15, 0.2) is 30.3 Å². The van der Waals surface area contributed by atoms with Gasteiger partial charge in [0.25, 0.3) is 0 Å². The maximum absolute atomic E-state index is 6.05. The molecular formula is C16H26N2. The van der Waals surface area contributed by atoms with Gasteiger partial charge < -0.3 is 5.73 Å². The molecule has 1 aliphatic heterocycles. The van der Waals surface area contributed by atoms with Crippen molar-refractivity contribution in [1.29, 1.82) is 0 Å². The SMILES string of the molecule is CC1CCN(C(C)(CN)CCc2ccccc2)C1. The van der Waals surface area contributed by atoms with Gasteiger partial charge in [0.15, 0.2) is 0 Å². The molecule has 2 nitrogen and oxygen atoms in total. The van der Waals surface area contributed by atoms with Crippen molar-refractivity contribution in [1.82, 2.24) is 4.90 Å². The van der Waals surface area contributed by atoms with Crippen LogP contribution in [0.1, 0.15) is 32.3 Å². The van der Waals surface area contributed by atoms with Crippen LogP contribution in [-0.2, 0) is 6.42 Å². The van der Waals surface area contributed by atoms with Crippen molar-refractivity contribution in [2.24, 2.45) is 11.7 Å². The van der Waals surface area contributed by atoms with Crippen molar-refractivity contribution >= 4 is 0 Å². The standard InChI is InChI=1S/C16H26N2/c1-14-9-11-18(12-14)16(2,13-17)10-8-15-6-4-3-5-7-15/h3-7,14H,8-13,17H2,1-2H3. The van der Waals surface area contributed by atoms with Crippen LogP contribution >= 0.6 is 0 Å². The summed E-state index contributed by atoms with van der Waals surface area (Å²) in [5.41, 5.74) is 7.64. The van der Waals surface area contributed by atoms with Gasteiger partial charge in [-0.2, -0.15) is 0 Å². The maximum Gasteiger partial charge on any atom is 0.0306 e. The first-order chi connectivity index (χ1) is 8.64. The summed E-state index contributed by atoms with van der Waals surface area (Å²) in [6.45, 7) is 7.85. The zero-order valence-electron chi connectivity index (χ0n) is 11.7. The summed E-state index contributed by atoms with van der Waals surface area (Å²) in [5, 5.41) is 0. The van der Waals surface area contributed by atoms with Gasteiger partial charge in [-0.15, -0.1) is 0 Å². The van der Waals surface area contributed by atoms with Crippen molar-refractivity contribution in [2.45, 2.75) is 38.6 Å². The molecule has 2 N–H and O–H groups in total. The molecule has 0 radical (unpaired) electrons. The quantitative estimate of drug-likeness (QED) is 0.865. The minimum atomic E-state index is 0.167. The van der Waals surface area contributed by atoms with Gasteiger partial charge in [0, 0.05) is 18.6 Å².